The first kappa shape index (κ1) is 18.4. The summed E-state index contributed by atoms with van der Waals surface area (Å²) in [6.45, 7) is 1.51. The zero-order valence-electron chi connectivity index (χ0n) is 12.7. The lowest BCUT2D eigenvalue weighted by Gasteiger charge is -2.22. The average Bonchev–Trinajstić information content (AvgIpc) is 2.88. The Morgan fingerprint density at radius 1 is 1.30 bits per heavy atom. The predicted octanol–water partition coefficient (Wildman–Crippen LogP) is -1.46. The Balaban J connectivity index is 2.72. The molecule has 0 bridgehead atoms. The number of carboxylic acids is 1. The van der Waals surface area contributed by atoms with Crippen molar-refractivity contribution in [2.75, 3.05) is 6.54 Å². The van der Waals surface area contributed by atoms with E-state index in [1.54, 1.807) is 0 Å². The van der Waals surface area contributed by atoms with Crippen LogP contribution in [0.2, 0.25) is 0 Å². The van der Waals surface area contributed by atoms with E-state index < -0.39 is 35.9 Å². The number of imide groups is 1. The van der Waals surface area contributed by atoms with E-state index in [1.165, 1.54) is 6.92 Å². The summed E-state index contributed by atoms with van der Waals surface area (Å²) in [7, 11) is 0. The van der Waals surface area contributed by atoms with Crippen molar-refractivity contribution in [2.45, 2.75) is 44.7 Å². The summed E-state index contributed by atoms with van der Waals surface area (Å²) < 4.78 is 0. The first-order valence-electron chi connectivity index (χ1n) is 7.14. The lowest BCUT2D eigenvalue weighted by molar-refractivity contribution is -0.141. The van der Waals surface area contributed by atoms with Gasteiger partial charge in [0.1, 0.15) is 12.1 Å². The summed E-state index contributed by atoms with van der Waals surface area (Å²) in [6, 6.07) is -3.07. The average molecular weight is 328 g/mol. The van der Waals surface area contributed by atoms with Crippen LogP contribution in [0.5, 0.6) is 0 Å². The number of amides is 5. The second kappa shape index (κ2) is 8.11. The van der Waals surface area contributed by atoms with Gasteiger partial charge in [-0.05, 0) is 19.8 Å². The Morgan fingerprint density at radius 2 is 1.96 bits per heavy atom. The highest BCUT2D eigenvalue weighted by atomic mass is 16.4. The molecule has 23 heavy (non-hydrogen) atoms. The van der Waals surface area contributed by atoms with Crippen molar-refractivity contribution in [3.8, 4) is 0 Å². The van der Waals surface area contributed by atoms with Crippen molar-refractivity contribution in [1.29, 1.82) is 0 Å². The highest BCUT2D eigenvalue weighted by molar-refractivity contribution is 5.98. The number of hydrogen-bond donors (Lipinski definition) is 4. The number of hydrogen-bond acceptors (Lipinski definition) is 5. The molecule has 1 saturated heterocycles. The van der Waals surface area contributed by atoms with Crippen LogP contribution < -0.4 is 16.4 Å². The van der Waals surface area contributed by atoms with Crippen LogP contribution in [0.4, 0.5) is 4.79 Å². The smallest absolute Gasteiger partial charge is 0.325 e. The summed E-state index contributed by atoms with van der Waals surface area (Å²) in [4.78, 5) is 58.2. The number of rotatable bonds is 7. The van der Waals surface area contributed by atoms with Crippen molar-refractivity contribution in [3.05, 3.63) is 0 Å². The molecule has 2 atom stereocenters. The number of carbonyl (C=O) groups excluding carboxylic acids is 4. The molecule has 128 valence electrons. The van der Waals surface area contributed by atoms with Crippen molar-refractivity contribution in [2.24, 2.45) is 5.73 Å². The van der Waals surface area contributed by atoms with Crippen LogP contribution in [0.1, 0.15) is 32.6 Å². The van der Waals surface area contributed by atoms with E-state index in [1.807, 2.05) is 0 Å². The number of carbonyl (C=O) groups is 5. The summed E-state index contributed by atoms with van der Waals surface area (Å²) in [5, 5.41) is 13.3. The third kappa shape index (κ3) is 5.57. The molecule has 1 aliphatic rings. The predicted molar refractivity (Wildman–Crippen MR) is 76.9 cm³/mol. The van der Waals surface area contributed by atoms with E-state index in [4.69, 9.17) is 10.8 Å². The fourth-order valence-electron chi connectivity index (χ4n) is 2.02. The Hall–Kier alpha value is -2.65. The van der Waals surface area contributed by atoms with Crippen LogP contribution in [0.15, 0.2) is 0 Å². The lowest BCUT2D eigenvalue weighted by Crippen LogP contribution is -2.54. The van der Waals surface area contributed by atoms with Gasteiger partial charge >= 0.3 is 12.0 Å². The fourth-order valence-corrected chi connectivity index (χ4v) is 2.02. The third-order valence-electron chi connectivity index (χ3n) is 3.34. The van der Waals surface area contributed by atoms with Crippen molar-refractivity contribution < 1.29 is 29.1 Å². The van der Waals surface area contributed by atoms with Crippen LogP contribution in [-0.2, 0) is 19.2 Å². The van der Waals surface area contributed by atoms with Gasteiger partial charge in [-0.15, -0.1) is 0 Å². The molecular weight excluding hydrogens is 308 g/mol. The monoisotopic (exact) mass is 328 g/mol. The Bertz CT molecular complexity index is 521. The van der Waals surface area contributed by atoms with Gasteiger partial charge in [0.2, 0.25) is 17.7 Å². The first-order chi connectivity index (χ1) is 10.7. The van der Waals surface area contributed by atoms with E-state index >= 15 is 0 Å². The van der Waals surface area contributed by atoms with Crippen molar-refractivity contribution in [1.82, 2.24) is 15.5 Å². The molecule has 1 aliphatic heterocycles. The van der Waals surface area contributed by atoms with Crippen LogP contribution in [0, 0.1) is 0 Å². The Labute approximate surface area is 132 Å². The second-order valence-corrected chi connectivity index (χ2v) is 5.22. The minimum absolute atomic E-state index is 0.0960. The van der Waals surface area contributed by atoms with Gasteiger partial charge in [-0.2, -0.15) is 0 Å². The quantitative estimate of drug-likeness (QED) is 0.447. The fraction of sp³-hybridized carbons (Fsp3) is 0.615. The minimum Gasteiger partial charge on any atom is -0.480 e. The number of urea groups is 1. The normalized spacial score (nSPS) is 16.6. The highest BCUT2D eigenvalue weighted by Crippen LogP contribution is 2.10. The number of carboxylic acid groups (broad SMARTS) is 1. The first-order valence-corrected chi connectivity index (χ1v) is 7.14. The van der Waals surface area contributed by atoms with Gasteiger partial charge in [-0.25, -0.2) is 4.79 Å². The zero-order chi connectivity index (χ0) is 17.6. The Morgan fingerprint density at radius 3 is 2.43 bits per heavy atom. The number of likely N-dealkylation sites (tertiary alicyclic amines) is 1. The molecule has 10 nitrogen and oxygen atoms in total. The molecular formula is C13H20N4O6. The van der Waals surface area contributed by atoms with Crippen LogP contribution in [-0.4, -0.2) is 58.4 Å². The minimum atomic E-state index is -1.24. The van der Waals surface area contributed by atoms with Crippen LogP contribution in [0.3, 0.4) is 0 Å². The van der Waals surface area contributed by atoms with Gasteiger partial charge in [0, 0.05) is 19.4 Å². The topological polar surface area (TPSA) is 159 Å². The van der Waals surface area contributed by atoms with E-state index in [9.17, 15) is 24.0 Å². The number of nitrogens with zero attached hydrogens (tertiary/aromatic N) is 1. The maximum Gasteiger partial charge on any atom is 0.325 e. The van der Waals surface area contributed by atoms with Crippen LogP contribution in [0.25, 0.3) is 0 Å². The van der Waals surface area contributed by atoms with Crippen molar-refractivity contribution >= 4 is 29.7 Å². The molecule has 5 amide bonds. The highest BCUT2D eigenvalue weighted by Gasteiger charge is 2.30. The number of primary amides is 1. The van der Waals surface area contributed by atoms with Gasteiger partial charge in [-0.3, -0.25) is 24.1 Å². The number of aliphatic carboxylic acids is 1. The van der Waals surface area contributed by atoms with Gasteiger partial charge < -0.3 is 21.5 Å². The summed E-state index contributed by atoms with van der Waals surface area (Å²) in [6.07, 6.45) is 0.525. The van der Waals surface area contributed by atoms with E-state index in [2.05, 4.69) is 10.6 Å². The Kier molecular flexibility index (Phi) is 6.49. The molecule has 0 spiro atoms. The number of nitrogens with one attached hydrogen (secondary N) is 2. The molecule has 0 radical (unpaired) electrons. The second-order valence-electron chi connectivity index (χ2n) is 5.22. The molecule has 10 heteroatoms. The SMILES string of the molecule is C[C@H](NC(=O)[C@H](CCC(N)=O)NC(=O)N1CCCC1=O)C(=O)O. The summed E-state index contributed by atoms with van der Waals surface area (Å²) in [5.41, 5.74) is 5.02. The summed E-state index contributed by atoms with van der Waals surface area (Å²) >= 11 is 0. The molecule has 5 N–H and O–H groups in total. The maximum atomic E-state index is 12.1. The molecule has 1 heterocycles. The standard InChI is InChI=1S/C13H20N4O6/c1-7(12(21)22)15-11(20)8(4-5-9(14)18)16-13(23)17-6-2-3-10(17)19/h7-8H,2-6H2,1H3,(H2,14,18)(H,15,20)(H,16,23)(H,21,22)/t7-,8-/m0/s1. The maximum absolute atomic E-state index is 12.1. The van der Waals surface area contributed by atoms with E-state index in [0.29, 0.717) is 6.42 Å². The van der Waals surface area contributed by atoms with Gasteiger partial charge in [0.15, 0.2) is 0 Å². The lowest BCUT2D eigenvalue weighted by atomic mass is 10.1. The van der Waals surface area contributed by atoms with Crippen LogP contribution >= 0.6 is 0 Å². The molecule has 0 unspecified atom stereocenters. The van der Waals surface area contributed by atoms with Gasteiger partial charge in [0.25, 0.3) is 0 Å². The third-order valence-corrected chi connectivity index (χ3v) is 3.34. The molecule has 0 aromatic carbocycles. The van der Waals surface area contributed by atoms with Crippen molar-refractivity contribution in [3.63, 3.8) is 0 Å². The molecule has 0 aromatic rings. The summed E-state index contributed by atoms with van der Waals surface area (Å²) in [5.74, 6) is -3.02. The molecule has 0 saturated carbocycles. The number of nitrogens with two attached hydrogens (primary N) is 1. The molecule has 1 fully saturated rings. The largest absolute Gasteiger partial charge is 0.480 e. The molecule has 1 rings (SSSR count). The molecule has 0 aromatic heterocycles. The van der Waals surface area contributed by atoms with E-state index in [0.717, 1.165) is 4.90 Å². The van der Waals surface area contributed by atoms with E-state index in [-0.39, 0.29) is 31.7 Å². The van der Waals surface area contributed by atoms with Gasteiger partial charge in [0.05, 0.1) is 0 Å². The van der Waals surface area contributed by atoms with Gasteiger partial charge in [-0.1, -0.05) is 0 Å². The molecule has 0 aliphatic carbocycles. The zero-order valence-corrected chi connectivity index (χ0v) is 12.7.